The van der Waals surface area contributed by atoms with Crippen molar-refractivity contribution < 1.29 is 14.3 Å². The first kappa shape index (κ1) is 21.7. The van der Waals surface area contributed by atoms with Gasteiger partial charge in [0, 0.05) is 28.4 Å². The van der Waals surface area contributed by atoms with Crippen molar-refractivity contribution in [1.82, 2.24) is 0 Å². The number of ether oxygens (including phenoxy) is 2. The van der Waals surface area contributed by atoms with Crippen LogP contribution in [0.25, 0.3) is 0 Å². The third-order valence-corrected chi connectivity index (χ3v) is 7.33. The first-order chi connectivity index (χ1) is 14.0. The molecule has 1 aliphatic rings. The highest BCUT2D eigenvalue weighted by Crippen LogP contribution is 2.49. The summed E-state index contributed by atoms with van der Waals surface area (Å²) in [6.45, 7) is 4.87. The van der Waals surface area contributed by atoms with Crippen molar-refractivity contribution in [2.45, 2.75) is 55.5 Å². The van der Waals surface area contributed by atoms with Crippen LogP contribution in [-0.2, 0) is 20.9 Å². The molecule has 3 unspecified atom stereocenters. The largest absolute Gasteiger partial charge is 0.504 e. The highest BCUT2D eigenvalue weighted by atomic mass is 32.2. The Morgan fingerprint density at radius 1 is 1.14 bits per heavy atom. The van der Waals surface area contributed by atoms with Gasteiger partial charge in [-0.15, -0.1) is 11.8 Å². The molecule has 3 atom stereocenters. The van der Waals surface area contributed by atoms with E-state index in [0.717, 1.165) is 17.6 Å². The van der Waals surface area contributed by atoms with E-state index in [1.165, 1.54) is 4.90 Å². The summed E-state index contributed by atoms with van der Waals surface area (Å²) in [6, 6.07) is 20.6. The maximum atomic E-state index is 12.5. The number of thioether (sulfide) groups is 1. The second kappa shape index (κ2) is 10.1. The third-order valence-electron chi connectivity index (χ3n) is 5.77. The molecule has 0 saturated heterocycles. The lowest BCUT2D eigenvalue weighted by Gasteiger charge is -2.44. The van der Waals surface area contributed by atoms with E-state index in [9.17, 15) is 4.79 Å². The average Bonchev–Trinajstić information content (AvgIpc) is 2.74. The lowest BCUT2D eigenvalue weighted by atomic mass is 9.75. The van der Waals surface area contributed by atoms with Crippen LogP contribution in [0.2, 0.25) is 0 Å². The predicted octanol–water partition coefficient (Wildman–Crippen LogP) is 6.04. The number of ketones is 1. The van der Waals surface area contributed by atoms with Crippen molar-refractivity contribution in [3.63, 3.8) is 0 Å². The Balaban J connectivity index is 1.88. The van der Waals surface area contributed by atoms with Gasteiger partial charge in [-0.2, -0.15) is 0 Å². The van der Waals surface area contributed by atoms with Crippen LogP contribution < -0.4 is 0 Å². The minimum atomic E-state index is -0.311. The molecule has 0 amide bonds. The number of carbonyl (C=O) groups is 1. The maximum Gasteiger partial charge on any atom is 0.133 e. The van der Waals surface area contributed by atoms with Crippen molar-refractivity contribution in [3.05, 3.63) is 78.1 Å². The van der Waals surface area contributed by atoms with Gasteiger partial charge in [0.25, 0.3) is 0 Å². The minimum Gasteiger partial charge on any atom is -0.504 e. The Bertz CT molecular complexity index is 818. The van der Waals surface area contributed by atoms with E-state index in [2.05, 4.69) is 38.1 Å². The minimum absolute atomic E-state index is 0.0225. The number of benzene rings is 2. The zero-order valence-corrected chi connectivity index (χ0v) is 18.3. The van der Waals surface area contributed by atoms with E-state index in [1.54, 1.807) is 18.9 Å². The van der Waals surface area contributed by atoms with E-state index in [0.29, 0.717) is 25.2 Å². The molecular formula is C25H30O3S. The lowest BCUT2D eigenvalue weighted by molar-refractivity contribution is -0.127. The summed E-state index contributed by atoms with van der Waals surface area (Å²) in [4.78, 5) is 13.6. The Morgan fingerprint density at radius 2 is 1.79 bits per heavy atom. The fourth-order valence-corrected chi connectivity index (χ4v) is 5.36. The quantitative estimate of drug-likeness (QED) is 0.392. The van der Waals surface area contributed by atoms with Crippen LogP contribution >= 0.6 is 11.8 Å². The summed E-state index contributed by atoms with van der Waals surface area (Å²) in [5, 5.41) is 0. The maximum absolute atomic E-state index is 12.5. The zero-order valence-electron chi connectivity index (χ0n) is 17.5. The van der Waals surface area contributed by atoms with Gasteiger partial charge in [0.05, 0.1) is 26.1 Å². The fraction of sp³-hybridized carbons (Fsp3) is 0.400. The number of carbonyl (C=O) groups excluding carboxylic acids is 1. The van der Waals surface area contributed by atoms with Crippen LogP contribution in [0.4, 0.5) is 0 Å². The Morgan fingerprint density at radius 3 is 2.45 bits per heavy atom. The highest BCUT2D eigenvalue weighted by molar-refractivity contribution is 8.00. The molecule has 0 aromatic heterocycles. The van der Waals surface area contributed by atoms with Gasteiger partial charge in [-0.05, 0) is 43.5 Å². The van der Waals surface area contributed by atoms with Gasteiger partial charge < -0.3 is 9.47 Å². The molecule has 1 fully saturated rings. The number of rotatable bonds is 8. The molecule has 0 radical (unpaired) electrons. The van der Waals surface area contributed by atoms with Gasteiger partial charge >= 0.3 is 0 Å². The Labute approximate surface area is 178 Å². The van der Waals surface area contributed by atoms with Crippen LogP contribution in [0, 0.1) is 5.92 Å². The monoisotopic (exact) mass is 410 g/mol. The number of Topliss-reactive ketones (excluding diaryl/α,β-unsaturated/α-hetero) is 1. The molecule has 0 spiro atoms. The highest BCUT2D eigenvalue weighted by Gasteiger charge is 2.45. The van der Waals surface area contributed by atoms with Gasteiger partial charge in [-0.1, -0.05) is 48.5 Å². The Hall–Kier alpha value is -2.04. The molecule has 29 heavy (non-hydrogen) atoms. The van der Waals surface area contributed by atoms with Crippen LogP contribution in [-0.4, -0.2) is 23.7 Å². The molecule has 4 heteroatoms. The van der Waals surface area contributed by atoms with Crippen molar-refractivity contribution >= 4 is 17.5 Å². The summed E-state index contributed by atoms with van der Waals surface area (Å²) in [6.07, 6.45) is 3.72. The fourth-order valence-electron chi connectivity index (χ4n) is 3.99. The number of hydrogen-bond acceptors (Lipinski definition) is 4. The molecule has 3 rings (SSSR count). The van der Waals surface area contributed by atoms with Gasteiger partial charge in [0.2, 0.25) is 0 Å². The zero-order chi connectivity index (χ0) is 20.7. The number of hydrogen-bond donors (Lipinski definition) is 0. The van der Waals surface area contributed by atoms with Crippen LogP contribution in [0.3, 0.4) is 0 Å². The normalized spacial score (nSPS) is 22.2. The number of methoxy groups -OCH3 is 1. The van der Waals surface area contributed by atoms with E-state index in [4.69, 9.17) is 9.47 Å². The average molecular weight is 411 g/mol. The molecule has 2 aromatic rings. The van der Waals surface area contributed by atoms with Gasteiger partial charge in [0.1, 0.15) is 5.78 Å². The molecule has 1 saturated carbocycles. The first-order valence-corrected chi connectivity index (χ1v) is 11.0. The molecule has 0 heterocycles. The van der Waals surface area contributed by atoms with Crippen molar-refractivity contribution in [1.29, 1.82) is 0 Å². The SMILES string of the molecule is COC=C(C)C(C)(Sc1ccccc1)C1CC(=O)CCC1OCc1ccccc1. The lowest BCUT2D eigenvalue weighted by Crippen LogP contribution is -2.45. The third kappa shape index (κ3) is 5.52. The van der Waals surface area contributed by atoms with Crippen LogP contribution in [0.15, 0.2) is 77.4 Å². The second-order valence-corrected chi connectivity index (χ2v) is 9.31. The molecule has 1 aliphatic carbocycles. The summed E-state index contributed by atoms with van der Waals surface area (Å²) >= 11 is 1.79. The van der Waals surface area contributed by atoms with Crippen molar-refractivity contribution in [3.8, 4) is 0 Å². The van der Waals surface area contributed by atoms with Gasteiger partial charge in [-0.25, -0.2) is 0 Å². The van der Waals surface area contributed by atoms with E-state index < -0.39 is 0 Å². The van der Waals surface area contributed by atoms with Gasteiger partial charge in [0.15, 0.2) is 0 Å². The molecule has 154 valence electrons. The molecule has 2 aromatic carbocycles. The standard InChI is InChI=1S/C25H30O3S/c1-19(17-27-3)25(2,29-22-12-8-5-9-13-22)23-16-21(26)14-15-24(23)28-18-20-10-6-4-7-11-20/h4-13,17,23-24H,14-16,18H2,1-3H3. The topological polar surface area (TPSA) is 35.5 Å². The summed E-state index contributed by atoms with van der Waals surface area (Å²) < 4.78 is 11.5. The molecule has 0 N–H and O–H groups in total. The van der Waals surface area contributed by atoms with E-state index >= 15 is 0 Å². The smallest absolute Gasteiger partial charge is 0.133 e. The van der Waals surface area contributed by atoms with Gasteiger partial charge in [-0.3, -0.25) is 4.79 Å². The molecule has 0 aliphatic heterocycles. The predicted molar refractivity (Wildman–Crippen MR) is 119 cm³/mol. The molecular weight excluding hydrogens is 380 g/mol. The molecule has 0 bridgehead atoms. The summed E-state index contributed by atoms with van der Waals surface area (Å²) in [7, 11) is 1.67. The molecule has 3 nitrogen and oxygen atoms in total. The first-order valence-electron chi connectivity index (χ1n) is 10.1. The second-order valence-electron chi connectivity index (χ2n) is 7.78. The van der Waals surface area contributed by atoms with Crippen molar-refractivity contribution in [2.24, 2.45) is 5.92 Å². The Kier molecular flexibility index (Phi) is 7.57. The van der Waals surface area contributed by atoms with Crippen LogP contribution in [0.1, 0.15) is 38.7 Å². The van der Waals surface area contributed by atoms with E-state index in [1.807, 2.05) is 42.7 Å². The van der Waals surface area contributed by atoms with Crippen LogP contribution in [0.5, 0.6) is 0 Å². The van der Waals surface area contributed by atoms with E-state index in [-0.39, 0.29) is 16.8 Å². The summed E-state index contributed by atoms with van der Waals surface area (Å²) in [5.74, 6) is 0.392. The van der Waals surface area contributed by atoms with Crippen molar-refractivity contribution in [2.75, 3.05) is 7.11 Å². The summed E-state index contributed by atoms with van der Waals surface area (Å²) in [5.41, 5.74) is 2.27.